The van der Waals surface area contributed by atoms with E-state index in [2.05, 4.69) is 36.7 Å². The van der Waals surface area contributed by atoms with E-state index in [-0.39, 0.29) is 0 Å². The van der Waals surface area contributed by atoms with E-state index < -0.39 is 0 Å². The van der Waals surface area contributed by atoms with Gasteiger partial charge in [-0.15, -0.1) is 0 Å². The first-order valence-electron chi connectivity index (χ1n) is 4.05. The van der Waals surface area contributed by atoms with Gasteiger partial charge < -0.3 is 4.48 Å². The summed E-state index contributed by atoms with van der Waals surface area (Å²) in [4.78, 5) is 0. The van der Waals surface area contributed by atoms with Crippen LogP contribution in [-0.4, -0.2) is 35.6 Å². The van der Waals surface area contributed by atoms with Gasteiger partial charge in [0.2, 0.25) is 0 Å². The summed E-state index contributed by atoms with van der Waals surface area (Å²) in [5.41, 5.74) is 0. The molecule has 0 aromatic carbocycles. The molecule has 1 aliphatic heterocycles. The maximum Gasteiger partial charge on any atom is 0.0976 e. The Morgan fingerprint density at radius 2 is 2.10 bits per heavy atom. The number of rotatable bonds is 1. The van der Waals surface area contributed by atoms with Crippen LogP contribution < -0.4 is 0 Å². The molecule has 0 saturated carbocycles. The number of hydrogen-bond acceptors (Lipinski definition) is 0. The normalized spacial score (nSPS) is 32.1. The summed E-state index contributed by atoms with van der Waals surface area (Å²) in [7, 11) is 4.73. The Balaban J connectivity index is 2.51. The van der Waals surface area contributed by atoms with Crippen LogP contribution in [0.2, 0.25) is 0 Å². The van der Waals surface area contributed by atoms with Crippen molar-refractivity contribution in [1.29, 1.82) is 0 Å². The first-order chi connectivity index (χ1) is 4.67. The molecule has 0 aliphatic carbocycles. The summed E-state index contributed by atoms with van der Waals surface area (Å²) in [6.45, 7) is 1.38. The molecule has 0 aromatic rings. The molecule has 2 heteroatoms. The van der Waals surface area contributed by atoms with Crippen molar-refractivity contribution in [2.75, 3.05) is 25.1 Å². The van der Waals surface area contributed by atoms with Crippen LogP contribution in [0.15, 0.2) is 0 Å². The fraction of sp³-hybridized carbons (Fsp3) is 1.00. The molecular weight excluding hydrogens is 237 g/mol. The first-order valence-corrected chi connectivity index (χ1v) is 5.58. The molecular formula is C8H17IN+. The molecule has 0 bridgehead atoms. The number of nitrogens with zero attached hydrogens (tertiary/aromatic N) is 1. The van der Waals surface area contributed by atoms with Gasteiger partial charge in [-0.25, -0.2) is 0 Å². The molecule has 1 aliphatic rings. The third-order valence-corrected chi connectivity index (χ3v) is 3.71. The topological polar surface area (TPSA) is 0 Å². The van der Waals surface area contributed by atoms with Crippen LogP contribution in [0, 0.1) is 0 Å². The zero-order valence-corrected chi connectivity index (χ0v) is 9.10. The van der Waals surface area contributed by atoms with E-state index in [1.165, 1.54) is 34.7 Å². The molecule has 1 rings (SSSR count). The molecule has 0 N–H and O–H groups in total. The summed E-state index contributed by atoms with van der Waals surface area (Å²) >= 11 is 2.52. The van der Waals surface area contributed by atoms with Gasteiger partial charge in [0.05, 0.1) is 31.1 Å². The molecule has 10 heavy (non-hydrogen) atoms. The van der Waals surface area contributed by atoms with E-state index in [0.29, 0.717) is 0 Å². The van der Waals surface area contributed by atoms with Gasteiger partial charge in [-0.2, -0.15) is 0 Å². The molecule has 1 saturated heterocycles. The molecule has 60 valence electrons. The lowest BCUT2D eigenvalue weighted by atomic mass is 10.0. The minimum absolute atomic E-state index is 0.925. The number of alkyl halides is 1. The second-order valence-electron chi connectivity index (χ2n) is 3.81. The van der Waals surface area contributed by atoms with Gasteiger partial charge in [-0.3, -0.25) is 0 Å². The molecule has 1 nitrogen and oxygen atoms in total. The Kier molecular flexibility index (Phi) is 2.98. The zero-order valence-electron chi connectivity index (χ0n) is 6.94. The molecule has 1 unspecified atom stereocenters. The van der Waals surface area contributed by atoms with Gasteiger partial charge in [-0.05, 0) is 12.8 Å². The predicted molar refractivity (Wildman–Crippen MR) is 53.5 cm³/mol. The van der Waals surface area contributed by atoms with E-state index in [1.54, 1.807) is 0 Å². The molecule has 1 heterocycles. The van der Waals surface area contributed by atoms with Crippen molar-refractivity contribution in [3.05, 3.63) is 0 Å². The van der Waals surface area contributed by atoms with Crippen molar-refractivity contribution < 1.29 is 4.48 Å². The maximum absolute atomic E-state index is 2.52. The maximum atomic E-state index is 2.52. The van der Waals surface area contributed by atoms with Gasteiger partial charge in [-0.1, -0.05) is 22.6 Å². The largest absolute Gasteiger partial charge is 0.325 e. The second-order valence-corrected chi connectivity index (χ2v) is 4.69. The molecule has 0 amide bonds. The minimum atomic E-state index is 0.925. The number of piperidine rings is 1. The fourth-order valence-electron chi connectivity index (χ4n) is 1.70. The highest BCUT2D eigenvalue weighted by Crippen LogP contribution is 2.22. The van der Waals surface area contributed by atoms with Crippen LogP contribution in [-0.2, 0) is 0 Å². The van der Waals surface area contributed by atoms with Crippen molar-refractivity contribution >= 4 is 22.6 Å². The lowest BCUT2D eigenvalue weighted by Crippen LogP contribution is -2.52. The van der Waals surface area contributed by atoms with E-state index in [4.69, 9.17) is 0 Å². The van der Waals surface area contributed by atoms with Crippen LogP contribution in [0.1, 0.15) is 19.3 Å². The van der Waals surface area contributed by atoms with Crippen molar-refractivity contribution in [3.63, 3.8) is 0 Å². The molecule has 0 radical (unpaired) electrons. The van der Waals surface area contributed by atoms with Crippen molar-refractivity contribution in [1.82, 2.24) is 0 Å². The average molecular weight is 254 g/mol. The predicted octanol–water partition coefficient (Wildman–Crippen LogP) is 2.05. The zero-order chi connectivity index (χ0) is 7.61. The quantitative estimate of drug-likeness (QED) is 0.381. The first kappa shape index (κ1) is 8.78. The third-order valence-electron chi connectivity index (χ3n) is 2.69. The smallest absolute Gasteiger partial charge is 0.0976 e. The lowest BCUT2D eigenvalue weighted by Gasteiger charge is -2.40. The molecule has 0 aromatic heterocycles. The van der Waals surface area contributed by atoms with Gasteiger partial charge in [0.15, 0.2) is 0 Å². The molecule has 0 spiro atoms. The number of likely N-dealkylation sites (tertiary alicyclic amines) is 1. The van der Waals surface area contributed by atoms with Gasteiger partial charge in [0.1, 0.15) is 0 Å². The Bertz CT molecular complexity index is 112. The van der Waals surface area contributed by atoms with Crippen LogP contribution in [0.5, 0.6) is 0 Å². The third kappa shape index (κ3) is 1.84. The highest BCUT2D eigenvalue weighted by molar-refractivity contribution is 14.1. The van der Waals surface area contributed by atoms with Gasteiger partial charge in [0.25, 0.3) is 0 Å². The van der Waals surface area contributed by atoms with Gasteiger partial charge in [0, 0.05) is 6.42 Å². The Labute approximate surface area is 77.5 Å². The molecule has 1 fully saturated rings. The summed E-state index contributed by atoms with van der Waals surface area (Å²) in [6, 6.07) is 0.925. The van der Waals surface area contributed by atoms with Crippen LogP contribution in [0.3, 0.4) is 0 Å². The van der Waals surface area contributed by atoms with Crippen molar-refractivity contribution in [2.45, 2.75) is 25.3 Å². The Morgan fingerprint density at radius 1 is 1.40 bits per heavy atom. The standard InChI is InChI=1S/C8H17IN/c1-10(2)6-4-3-5-8(10)7-9/h8H,3-7H2,1-2H3/q+1. The van der Waals surface area contributed by atoms with E-state index >= 15 is 0 Å². The highest BCUT2D eigenvalue weighted by Gasteiger charge is 2.29. The van der Waals surface area contributed by atoms with Crippen LogP contribution in [0.25, 0.3) is 0 Å². The van der Waals surface area contributed by atoms with E-state index in [9.17, 15) is 0 Å². The summed E-state index contributed by atoms with van der Waals surface area (Å²) in [5.74, 6) is 0. The fourth-order valence-corrected chi connectivity index (χ4v) is 3.20. The minimum Gasteiger partial charge on any atom is -0.325 e. The number of halogens is 1. The van der Waals surface area contributed by atoms with Crippen LogP contribution in [0.4, 0.5) is 0 Å². The monoisotopic (exact) mass is 254 g/mol. The van der Waals surface area contributed by atoms with Crippen molar-refractivity contribution in [3.8, 4) is 0 Å². The SMILES string of the molecule is C[N+]1(C)CCCCC1CI. The summed E-state index contributed by atoms with van der Waals surface area (Å²) in [5, 5.41) is 0. The number of hydrogen-bond donors (Lipinski definition) is 0. The van der Waals surface area contributed by atoms with Crippen LogP contribution >= 0.6 is 22.6 Å². The Hall–Kier alpha value is 0.690. The van der Waals surface area contributed by atoms with Gasteiger partial charge >= 0.3 is 0 Å². The molecule has 1 atom stereocenters. The lowest BCUT2D eigenvalue weighted by molar-refractivity contribution is -0.916. The Morgan fingerprint density at radius 3 is 2.50 bits per heavy atom. The average Bonchev–Trinajstić information content (AvgIpc) is 1.87. The van der Waals surface area contributed by atoms with Crippen molar-refractivity contribution in [2.24, 2.45) is 0 Å². The van der Waals surface area contributed by atoms with E-state index in [0.717, 1.165) is 6.04 Å². The number of quaternary nitrogens is 1. The highest BCUT2D eigenvalue weighted by atomic mass is 127. The second kappa shape index (κ2) is 3.39. The summed E-state index contributed by atoms with van der Waals surface area (Å²) in [6.07, 6.45) is 4.32. The van der Waals surface area contributed by atoms with E-state index in [1.807, 2.05) is 0 Å². The summed E-state index contributed by atoms with van der Waals surface area (Å²) < 4.78 is 2.58.